The van der Waals surface area contributed by atoms with Gasteiger partial charge in [0.1, 0.15) is 30.2 Å². The Hall–Kier alpha value is -7.40. The van der Waals surface area contributed by atoms with Crippen LogP contribution >= 0.6 is 23.2 Å². The maximum Gasteiger partial charge on any atom is 0.573 e. The lowest BCUT2D eigenvalue weighted by molar-refractivity contribution is -0.274. The minimum atomic E-state index is -4.84. The quantitative estimate of drug-likeness (QED) is 0.137. The Kier molecular flexibility index (Phi) is 13.1. The molecule has 358 valence electrons. The molecule has 25 heteroatoms. The van der Waals surface area contributed by atoms with Gasteiger partial charge in [-0.3, -0.25) is 9.59 Å². The number of aromatic amines is 2. The van der Waals surface area contributed by atoms with Gasteiger partial charge in [0.2, 0.25) is 11.8 Å². The van der Waals surface area contributed by atoms with E-state index in [1.54, 1.807) is 80.6 Å². The van der Waals surface area contributed by atoms with Crippen LogP contribution in [0.25, 0.3) is 45.1 Å². The molecule has 0 bridgehead atoms. The van der Waals surface area contributed by atoms with Gasteiger partial charge in [0.15, 0.2) is 22.9 Å². The number of imidazole rings is 2. The third-order valence-corrected chi connectivity index (χ3v) is 12.1. The molecule has 17 nitrogen and oxygen atoms in total. The normalized spacial score (nSPS) is 14.6. The lowest BCUT2D eigenvalue weighted by Crippen LogP contribution is -2.49. The average Bonchev–Trinajstić information content (AvgIpc) is 4.18. The number of amides is 2. The van der Waals surface area contributed by atoms with Gasteiger partial charge in [0.25, 0.3) is 0 Å². The molecule has 2 aliphatic rings. The molecule has 2 amide bonds. The number of fused-ring (bicyclic) bond motifs is 2. The molecule has 0 unspecified atom stereocenters. The van der Waals surface area contributed by atoms with Crippen molar-refractivity contribution in [3.63, 3.8) is 0 Å². The van der Waals surface area contributed by atoms with E-state index in [9.17, 15) is 35.9 Å². The number of halogens is 8. The van der Waals surface area contributed by atoms with Crippen molar-refractivity contribution in [2.45, 2.75) is 25.6 Å². The molecule has 0 saturated carbocycles. The van der Waals surface area contributed by atoms with Crippen LogP contribution < -0.4 is 14.5 Å². The first-order chi connectivity index (χ1) is 33.1. The summed E-state index contributed by atoms with van der Waals surface area (Å²) < 4.78 is 84.6. The minimum absolute atomic E-state index is 0.00125. The number of carbonyl (C=O) groups is 2. The fraction of sp³-hybridized carbons (Fsp3) is 0.273. The second-order valence-corrected chi connectivity index (χ2v) is 16.5. The molecule has 2 fully saturated rings. The summed E-state index contributed by atoms with van der Waals surface area (Å²) in [5.41, 5.74) is 2.45. The maximum absolute atomic E-state index is 13.2. The fourth-order valence-electron chi connectivity index (χ4n) is 8.08. The Bertz CT molecular complexity index is 3090. The number of hydrogen-bond acceptors (Lipinski definition) is 11. The highest BCUT2D eigenvalue weighted by Gasteiger charge is 2.35. The van der Waals surface area contributed by atoms with Crippen LogP contribution in [0.4, 0.5) is 37.7 Å². The summed E-state index contributed by atoms with van der Waals surface area (Å²) in [6.45, 7) is 3.22. The predicted octanol–water partition coefficient (Wildman–Crippen LogP) is 7.56. The predicted molar refractivity (Wildman–Crippen MR) is 242 cm³/mol. The third kappa shape index (κ3) is 10.4. The van der Waals surface area contributed by atoms with Gasteiger partial charge in [-0.15, -0.1) is 13.2 Å². The summed E-state index contributed by atoms with van der Waals surface area (Å²) in [5.74, 6) is 0.426. The number of nitrogens with one attached hydrogen (secondary N) is 2. The van der Waals surface area contributed by atoms with Crippen molar-refractivity contribution in [1.29, 1.82) is 0 Å². The summed E-state index contributed by atoms with van der Waals surface area (Å²) in [7, 11) is 0. The molecule has 69 heavy (non-hydrogen) atoms. The molecule has 2 aromatic carbocycles. The first-order valence-electron chi connectivity index (χ1n) is 21.2. The van der Waals surface area contributed by atoms with Crippen molar-refractivity contribution in [3.8, 4) is 28.8 Å². The molecule has 2 N–H and O–H groups in total. The third-order valence-electron chi connectivity index (χ3n) is 11.4. The highest BCUT2D eigenvalue weighted by atomic mass is 35.5. The van der Waals surface area contributed by atoms with Gasteiger partial charge in [-0.25, -0.2) is 29.3 Å². The molecule has 0 aliphatic carbocycles. The van der Waals surface area contributed by atoms with Crippen molar-refractivity contribution in [1.82, 2.24) is 59.3 Å². The van der Waals surface area contributed by atoms with E-state index in [2.05, 4.69) is 44.8 Å². The molecule has 0 atom stereocenters. The fourth-order valence-corrected chi connectivity index (χ4v) is 8.46. The van der Waals surface area contributed by atoms with Crippen molar-refractivity contribution >= 4 is 68.5 Å². The van der Waals surface area contributed by atoms with Gasteiger partial charge in [-0.05, 0) is 54.6 Å². The van der Waals surface area contributed by atoms with E-state index < -0.39 is 23.9 Å². The zero-order chi connectivity index (χ0) is 48.5. The van der Waals surface area contributed by atoms with Crippen LogP contribution in [0.15, 0.2) is 97.8 Å². The summed E-state index contributed by atoms with van der Waals surface area (Å²) in [5, 5.41) is 10.2. The minimum Gasteiger partial charge on any atom is -0.404 e. The SMILES string of the molecule is O=C(Cn1nc(-c2ncc[nH]2)c2cccnc21)N1CCN(c2ccc(Cl)c(C(F)(F)F)c2)CC1.O=C(Cn1nc(-c2ncc[nH]2)c2cccnc21)N1CCN(c2ccc(Cl)c(OC(F)(F)F)c2)CC1. The van der Waals surface area contributed by atoms with Crippen LogP contribution in [0.2, 0.25) is 10.0 Å². The number of rotatable bonds is 9. The van der Waals surface area contributed by atoms with Crippen molar-refractivity contribution in [2.75, 3.05) is 62.2 Å². The Balaban J connectivity index is 0.000000172. The standard InChI is InChI=1S/C22H19ClF3N7O2.C22H19ClF3N7O/c23-16-4-3-14(12-17(16)35-22(24,25)26)31-8-10-32(11-9-31)18(34)13-33-21-15(2-1-5-29-21)19(30-33)20-27-6-7-28-20;23-17-4-3-14(12-16(17)22(24,25)26)31-8-10-32(11-9-31)18(34)13-33-21-15(2-1-5-29-21)19(30-33)20-27-6-7-28-20/h1-7,12H,8-11,13H2,(H,27,28);1-7,12H,8-11,13H2,(H,27,28). The van der Waals surface area contributed by atoms with Crippen molar-refractivity contribution < 1.29 is 40.7 Å². The number of alkyl halides is 6. The molecule has 10 rings (SSSR count). The summed E-state index contributed by atoms with van der Waals surface area (Å²) in [6, 6.07) is 15.4. The van der Waals surface area contributed by atoms with Gasteiger partial charge in [-0.1, -0.05) is 23.2 Å². The second-order valence-electron chi connectivity index (χ2n) is 15.7. The lowest BCUT2D eigenvalue weighted by atomic mass is 10.1. The number of H-pyrrole nitrogens is 2. The number of aromatic nitrogens is 10. The number of pyridine rings is 2. The molecular weight excluding hydrogens is 957 g/mol. The van der Waals surface area contributed by atoms with E-state index in [1.807, 2.05) is 21.9 Å². The molecule has 2 aliphatic heterocycles. The number of carbonyl (C=O) groups excluding carboxylic acids is 2. The zero-order valence-corrected chi connectivity index (χ0v) is 37.4. The Morgan fingerprint density at radius 1 is 0.594 bits per heavy atom. The maximum atomic E-state index is 13.2. The van der Waals surface area contributed by atoms with Gasteiger partial charge >= 0.3 is 12.5 Å². The lowest BCUT2D eigenvalue weighted by Gasteiger charge is -2.36. The van der Waals surface area contributed by atoms with E-state index >= 15 is 0 Å². The number of piperazine rings is 2. The summed E-state index contributed by atoms with van der Waals surface area (Å²) in [4.78, 5) is 56.4. The summed E-state index contributed by atoms with van der Waals surface area (Å²) in [6.07, 6.45) is 0.546. The van der Waals surface area contributed by atoms with Crippen LogP contribution in [0.5, 0.6) is 5.75 Å². The van der Waals surface area contributed by atoms with E-state index in [-0.39, 0.29) is 34.9 Å². The molecule has 0 spiro atoms. The van der Waals surface area contributed by atoms with Crippen LogP contribution in [-0.2, 0) is 28.9 Å². The first-order valence-corrected chi connectivity index (χ1v) is 22.0. The van der Waals surface area contributed by atoms with Crippen LogP contribution in [0, 0.1) is 0 Å². The van der Waals surface area contributed by atoms with E-state index in [0.717, 1.165) is 16.8 Å². The van der Waals surface area contributed by atoms with Gasteiger partial charge in [-0.2, -0.15) is 23.4 Å². The number of anilines is 2. The highest BCUT2D eigenvalue weighted by molar-refractivity contribution is 6.32. The molecule has 6 aromatic heterocycles. The van der Waals surface area contributed by atoms with Crippen LogP contribution in [0.3, 0.4) is 0 Å². The molecule has 2 saturated heterocycles. The molecule has 8 heterocycles. The topological polar surface area (TPSA) is 175 Å². The van der Waals surface area contributed by atoms with Crippen molar-refractivity contribution in [2.24, 2.45) is 0 Å². The van der Waals surface area contributed by atoms with Gasteiger partial charge in [0, 0.05) is 107 Å². The molecule has 8 aromatic rings. The van der Waals surface area contributed by atoms with Crippen LogP contribution in [0.1, 0.15) is 5.56 Å². The Labute approximate surface area is 397 Å². The Morgan fingerprint density at radius 2 is 1.06 bits per heavy atom. The largest absolute Gasteiger partial charge is 0.573 e. The number of ether oxygens (including phenoxy) is 1. The van der Waals surface area contributed by atoms with E-state index in [4.69, 9.17) is 23.2 Å². The smallest absolute Gasteiger partial charge is 0.404 e. The number of benzene rings is 2. The van der Waals surface area contributed by atoms with Crippen molar-refractivity contribution in [3.05, 3.63) is 113 Å². The number of nitrogens with zero attached hydrogens (tertiary/aromatic N) is 12. The van der Waals surface area contributed by atoms with E-state index in [1.165, 1.54) is 18.2 Å². The van der Waals surface area contributed by atoms with Gasteiger partial charge < -0.3 is 34.3 Å². The average molecular weight is 996 g/mol. The number of hydrogen-bond donors (Lipinski definition) is 2. The molecular formula is C44H38Cl2F6N14O3. The summed E-state index contributed by atoms with van der Waals surface area (Å²) >= 11 is 11.6. The van der Waals surface area contributed by atoms with Crippen LogP contribution in [-0.4, -0.2) is 130 Å². The monoisotopic (exact) mass is 994 g/mol. The molecule has 0 radical (unpaired) electrons. The first kappa shape index (κ1) is 46.7. The Morgan fingerprint density at radius 3 is 1.49 bits per heavy atom. The van der Waals surface area contributed by atoms with E-state index in [0.29, 0.717) is 98.1 Å². The highest BCUT2D eigenvalue weighted by Crippen LogP contribution is 2.38. The second kappa shape index (κ2) is 19.3. The van der Waals surface area contributed by atoms with Gasteiger partial charge in [0.05, 0.1) is 26.4 Å². The zero-order valence-electron chi connectivity index (χ0n) is 35.9.